The minimum absolute atomic E-state index is 0. The van der Waals surface area contributed by atoms with Crippen LogP contribution in [-0.2, 0) is 16.4 Å². The number of fused-ring (bicyclic) bond motifs is 1. The highest BCUT2D eigenvalue weighted by Crippen LogP contribution is 2.26. The largest absolute Gasteiger partial charge is 0.369 e. The van der Waals surface area contributed by atoms with Crippen molar-refractivity contribution in [2.24, 2.45) is 21.7 Å². The molecule has 7 nitrogen and oxygen atoms in total. The van der Waals surface area contributed by atoms with Crippen LogP contribution < -0.4 is 11.5 Å². The van der Waals surface area contributed by atoms with Gasteiger partial charge in [-0.05, 0) is 37.5 Å². The molecule has 9 heteroatoms. The minimum Gasteiger partial charge on any atom is -0.369 e. The van der Waals surface area contributed by atoms with Crippen LogP contribution in [0.25, 0.3) is 0 Å². The highest BCUT2D eigenvalue weighted by atomic mass is 35.5. The van der Waals surface area contributed by atoms with Gasteiger partial charge in [0.2, 0.25) is 5.96 Å². The Labute approximate surface area is 146 Å². The second kappa shape index (κ2) is 7.06. The fourth-order valence-corrected chi connectivity index (χ4v) is 4.09. The fourth-order valence-electron chi connectivity index (χ4n) is 2.67. The van der Waals surface area contributed by atoms with Crippen LogP contribution in [0, 0.1) is 0 Å². The molecular weight excluding hydrogens is 350 g/mol. The zero-order chi connectivity index (χ0) is 16.4. The lowest BCUT2D eigenvalue weighted by atomic mass is 9.96. The lowest BCUT2D eigenvalue weighted by Crippen LogP contribution is -2.22. The van der Waals surface area contributed by atoms with E-state index in [4.69, 9.17) is 11.5 Å². The van der Waals surface area contributed by atoms with Gasteiger partial charge in [0.05, 0.1) is 10.6 Å². The number of nitrogens with two attached hydrogens (primary N) is 2. The van der Waals surface area contributed by atoms with Crippen LogP contribution >= 0.6 is 12.4 Å². The first kappa shape index (κ1) is 18.0. The number of aromatic nitrogens is 1. The quantitative estimate of drug-likeness (QED) is 0.485. The number of rotatable bonds is 3. The molecule has 0 spiro atoms. The summed E-state index contributed by atoms with van der Waals surface area (Å²) >= 11 is 0. The van der Waals surface area contributed by atoms with Crippen molar-refractivity contribution in [3.63, 3.8) is 0 Å². The summed E-state index contributed by atoms with van der Waals surface area (Å²) in [6, 6.07) is 10.1. The van der Waals surface area contributed by atoms with Crippen molar-refractivity contribution in [3.05, 3.63) is 53.9 Å². The Morgan fingerprint density at radius 1 is 1.08 bits per heavy atom. The Morgan fingerprint density at radius 3 is 2.46 bits per heavy atom. The van der Waals surface area contributed by atoms with Gasteiger partial charge in [-0.3, -0.25) is 0 Å². The molecule has 1 aromatic heterocycles. The van der Waals surface area contributed by atoms with E-state index in [2.05, 4.69) is 10.2 Å². The summed E-state index contributed by atoms with van der Waals surface area (Å²) in [6.45, 7) is 0. The van der Waals surface area contributed by atoms with Crippen molar-refractivity contribution < 1.29 is 8.42 Å². The Bertz CT molecular complexity index is 884. The standard InChI is InChI=1S/C15H17N5O2S.ClH/c16-15(17)19-18-13-7-4-8-14-12(13)9-10-20(14)23(21,22)11-5-2-1-3-6-11;/h1-3,5-6,9-10H,4,7-8H2,(H4,16,17,19);1H. The average Bonchev–Trinajstić information content (AvgIpc) is 2.99. The molecule has 1 heterocycles. The van der Waals surface area contributed by atoms with E-state index in [1.165, 1.54) is 3.97 Å². The molecule has 3 rings (SSSR count). The Balaban J connectivity index is 0.00000208. The molecule has 0 unspecified atom stereocenters. The number of halogens is 1. The van der Waals surface area contributed by atoms with E-state index in [0.29, 0.717) is 24.2 Å². The van der Waals surface area contributed by atoms with Gasteiger partial charge >= 0.3 is 0 Å². The maximum atomic E-state index is 12.8. The van der Waals surface area contributed by atoms with Crippen molar-refractivity contribution in [1.29, 1.82) is 0 Å². The van der Waals surface area contributed by atoms with Crippen molar-refractivity contribution >= 4 is 34.1 Å². The van der Waals surface area contributed by atoms with E-state index < -0.39 is 10.0 Å². The molecular formula is C15H18ClN5O2S. The smallest absolute Gasteiger partial charge is 0.267 e. The van der Waals surface area contributed by atoms with Crippen LogP contribution in [0.3, 0.4) is 0 Å². The van der Waals surface area contributed by atoms with E-state index in [1.807, 2.05) is 0 Å². The first-order valence-electron chi connectivity index (χ1n) is 7.17. The van der Waals surface area contributed by atoms with E-state index in [1.54, 1.807) is 42.6 Å². The van der Waals surface area contributed by atoms with Gasteiger partial charge in [-0.2, -0.15) is 5.10 Å². The summed E-state index contributed by atoms with van der Waals surface area (Å²) in [6.07, 6.45) is 3.72. The predicted molar refractivity (Wildman–Crippen MR) is 96.0 cm³/mol. The SMILES string of the molecule is Cl.NC(N)=NN=C1CCCc2c1ccn2S(=O)(=O)c1ccccc1. The van der Waals surface area contributed by atoms with Gasteiger partial charge < -0.3 is 11.5 Å². The first-order chi connectivity index (χ1) is 11.0. The third-order valence-electron chi connectivity index (χ3n) is 3.68. The van der Waals surface area contributed by atoms with Gasteiger partial charge in [0.1, 0.15) is 0 Å². The highest BCUT2D eigenvalue weighted by molar-refractivity contribution is 7.90. The number of hydrogen-bond donors (Lipinski definition) is 2. The lowest BCUT2D eigenvalue weighted by Gasteiger charge is -2.17. The van der Waals surface area contributed by atoms with Gasteiger partial charge in [0.25, 0.3) is 10.0 Å². The molecule has 4 N–H and O–H groups in total. The summed E-state index contributed by atoms with van der Waals surface area (Å²) in [5.74, 6) is -0.124. The van der Waals surface area contributed by atoms with E-state index >= 15 is 0 Å². The maximum absolute atomic E-state index is 12.8. The second-order valence-corrected chi connectivity index (χ2v) is 7.03. The number of guanidine groups is 1. The zero-order valence-corrected chi connectivity index (χ0v) is 14.4. The molecule has 0 saturated heterocycles. The molecule has 1 aliphatic rings. The highest BCUT2D eigenvalue weighted by Gasteiger charge is 2.26. The third-order valence-corrected chi connectivity index (χ3v) is 5.41. The molecule has 1 aromatic carbocycles. The van der Waals surface area contributed by atoms with E-state index in [0.717, 1.165) is 12.0 Å². The molecule has 24 heavy (non-hydrogen) atoms. The Morgan fingerprint density at radius 2 is 1.79 bits per heavy atom. The van der Waals surface area contributed by atoms with Gasteiger partial charge in [-0.15, -0.1) is 17.5 Å². The summed E-state index contributed by atoms with van der Waals surface area (Å²) in [4.78, 5) is 0.256. The molecule has 1 aliphatic carbocycles. The molecule has 0 bridgehead atoms. The maximum Gasteiger partial charge on any atom is 0.267 e. The molecule has 0 amide bonds. The van der Waals surface area contributed by atoms with Crippen molar-refractivity contribution in [2.75, 3.05) is 0 Å². The first-order valence-corrected chi connectivity index (χ1v) is 8.61. The summed E-state index contributed by atoms with van der Waals surface area (Å²) in [7, 11) is -3.62. The summed E-state index contributed by atoms with van der Waals surface area (Å²) < 4.78 is 26.9. The van der Waals surface area contributed by atoms with Crippen LogP contribution in [0.1, 0.15) is 24.1 Å². The van der Waals surface area contributed by atoms with Crippen LogP contribution in [0.4, 0.5) is 0 Å². The summed E-state index contributed by atoms with van der Waals surface area (Å²) in [5.41, 5.74) is 12.8. The number of hydrogen-bond acceptors (Lipinski definition) is 4. The monoisotopic (exact) mass is 367 g/mol. The molecule has 0 aliphatic heterocycles. The van der Waals surface area contributed by atoms with Gasteiger partial charge in [-0.1, -0.05) is 18.2 Å². The lowest BCUT2D eigenvalue weighted by molar-refractivity contribution is 0.584. The van der Waals surface area contributed by atoms with Crippen LogP contribution in [0.5, 0.6) is 0 Å². The van der Waals surface area contributed by atoms with Gasteiger partial charge in [0, 0.05) is 17.5 Å². The Hall–Kier alpha value is -2.32. The summed E-state index contributed by atoms with van der Waals surface area (Å²) in [5, 5.41) is 7.72. The topological polar surface area (TPSA) is 116 Å². The molecule has 0 saturated carbocycles. The van der Waals surface area contributed by atoms with Gasteiger partial charge in [0.15, 0.2) is 0 Å². The number of benzene rings is 1. The minimum atomic E-state index is -3.62. The average molecular weight is 368 g/mol. The van der Waals surface area contributed by atoms with Crippen molar-refractivity contribution in [3.8, 4) is 0 Å². The van der Waals surface area contributed by atoms with Crippen molar-refractivity contribution in [1.82, 2.24) is 3.97 Å². The molecule has 0 atom stereocenters. The predicted octanol–water partition coefficient (Wildman–Crippen LogP) is 1.46. The molecule has 0 fully saturated rings. The van der Waals surface area contributed by atoms with E-state index in [-0.39, 0.29) is 23.3 Å². The van der Waals surface area contributed by atoms with Crippen LogP contribution in [0.2, 0.25) is 0 Å². The van der Waals surface area contributed by atoms with E-state index in [9.17, 15) is 8.42 Å². The second-order valence-electron chi connectivity index (χ2n) is 5.22. The molecule has 128 valence electrons. The third kappa shape index (κ3) is 3.29. The van der Waals surface area contributed by atoms with Crippen LogP contribution in [0.15, 0.2) is 57.7 Å². The molecule has 2 aromatic rings. The molecule has 0 radical (unpaired) electrons. The Kier molecular flexibility index (Phi) is 5.30. The van der Waals surface area contributed by atoms with Crippen LogP contribution in [-0.4, -0.2) is 24.1 Å². The van der Waals surface area contributed by atoms with Crippen molar-refractivity contribution in [2.45, 2.75) is 24.2 Å². The zero-order valence-electron chi connectivity index (χ0n) is 12.8. The fraction of sp³-hybridized carbons (Fsp3) is 0.200. The normalized spacial score (nSPS) is 15.4. The number of nitrogens with zero attached hydrogens (tertiary/aromatic N) is 3. The van der Waals surface area contributed by atoms with Gasteiger partial charge in [-0.25, -0.2) is 12.4 Å².